The molecule has 0 saturated heterocycles. The van der Waals surface area contributed by atoms with Crippen molar-refractivity contribution in [3.63, 3.8) is 0 Å². The lowest BCUT2D eigenvalue weighted by molar-refractivity contribution is -0.157. The number of nitrogens with two attached hydrogens (primary N) is 1. The minimum Gasteiger partial charge on any atom is -0.458 e. The number of ether oxygens (including phenoxy) is 1. The van der Waals surface area contributed by atoms with E-state index in [1.165, 1.54) is 0 Å². The first-order valence-electron chi connectivity index (χ1n) is 4.98. The highest BCUT2D eigenvalue weighted by molar-refractivity contribution is 5.76. The molecule has 0 radical (unpaired) electrons. The maximum atomic E-state index is 11.6. The molecule has 5 heteroatoms. The lowest BCUT2D eigenvalue weighted by Gasteiger charge is -2.23. The zero-order valence-electron chi connectivity index (χ0n) is 9.54. The van der Waals surface area contributed by atoms with Crippen LogP contribution in [-0.2, 0) is 9.53 Å². The maximum absolute atomic E-state index is 11.6. The Morgan fingerprint density at radius 2 is 2.20 bits per heavy atom. The van der Waals surface area contributed by atoms with Crippen molar-refractivity contribution in [3.05, 3.63) is 0 Å². The molecule has 0 spiro atoms. The van der Waals surface area contributed by atoms with Gasteiger partial charge in [0.15, 0.2) is 6.19 Å². The Labute approximate surface area is 90.6 Å². The molecule has 0 saturated carbocycles. The Bertz CT molecular complexity index is 240. The SMILES string of the molecule is CC(C)(C)OC(=O)[C@H](CCCN)NC#N. The predicted octanol–water partition coefficient (Wildman–Crippen LogP) is 0.506. The smallest absolute Gasteiger partial charge is 0.329 e. The van der Waals surface area contributed by atoms with Crippen LogP contribution >= 0.6 is 0 Å². The van der Waals surface area contributed by atoms with Crippen molar-refractivity contribution in [2.45, 2.75) is 45.3 Å². The average Bonchev–Trinajstić information content (AvgIpc) is 2.09. The molecule has 0 heterocycles. The second-order valence-electron chi connectivity index (χ2n) is 4.27. The molecular weight excluding hydrogens is 194 g/mol. The van der Waals surface area contributed by atoms with Gasteiger partial charge < -0.3 is 15.8 Å². The van der Waals surface area contributed by atoms with E-state index in [9.17, 15) is 4.79 Å². The molecule has 0 rings (SSSR count). The molecule has 0 fully saturated rings. The van der Waals surface area contributed by atoms with Gasteiger partial charge in [0.25, 0.3) is 0 Å². The molecular formula is C10H19N3O2. The van der Waals surface area contributed by atoms with E-state index in [2.05, 4.69) is 5.32 Å². The molecule has 0 aliphatic carbocycles. The summed E-state index contributed by atoms with van der Waals surface area (Å²) in [5.74, 6) is -0.405. The number of nitrogens with one attached hydrogen (secondary N) is 1. The van der Waals surface area contributed by atoms with Gasteiger partial charge in [-0.15, -0.1) is 0 Å². The molecule has 0 bridgehead atoms. The largest absolute Gasteiger partial charge is 0.458 e. The van der Waals surface area contributed by atoms with Crippen molar-refractivity contribution < 1.29 is 9.53 Å². The number of carbonyl (C=O) groups is 1. The lowest BCUT2D eigenvalue weighted by Crippen LogP contribution is -2.39. The van der Waals surface area contributed by atoms with Crippen molar-refractivity contribution in [1.82, 2.24) is 5.32 Å². The van der Waals surface area contributed by atoms with Gasteiger partial charge in [-0.2, -0.15) is 5.26 Å². The summed E-state index contributed by atoms with van der Waals surface area (Å²) < 4.78 is 5.16. The third-order valence-corrected chi connectivity index (χ3v) is 1.63. The van der Waals surface area contributed by atoms with Crippen molar-refractivity contribution in [3.8, 4) is 6.19 Å². The summed E-state index contributed by atoms with van der Waals surface area (Å²) in [4.78, 5) is 11.6. The Balaban J connectivity index is 4.23. The summed E-state index contributed by atoms with van der Waals surface area (Å²) in [5.41, 5.74) is 4.81. The summed E-state index contributed by atoms with van der Waals surface area (Å²) in [6.45, 7) is 5.86. The summed E-state index contributed by atoms with van der Waals surface area (Å²) in [6, 6.07) is -0.585. The fraction of sp³-hybridized carbons (Fsp3) is 0.800. The van der Waals surface area contributed by atoms with Crippen LogP contribution in [0.1, 0.15) is 33.6 Å². The highest BCUT2D eigenvalue weighted by atomic mass is 16.6. The third kappa shape index (κ3) is 6.75. The first-order chi connectivity index (χ1) is 6.90. The fourth-order valence-corrected chi connectivity index (χ4v) is 1.02. The van der Waals surface area contributed by atoms with Crippen molar-refractivity contribution >= 4 is 5.97 Å². The molecule has 0 aliphatic heterocycles. The van der Waals surface area contributed by atoms with Crippen LogP contribution in [0, 0.1) is 11.5 Å². The van der Waals surface area contributed by atoms with Gasteiger partial charge >= 0.3 is 5.97 Å². The highest BCUT2D eigenvalue weighted by Gasteiger charge is 2.24. The summed E-state index contributed by atoms with van der Waals surface area (Å²) in [7, 11) is 0. The molecule has 3 N–H and O–H groups in total. The average molecular weight is 213 g/mol. The molecule has 5 nitrogen and oxygen atoms in total. The normalized spacial score (nSPS) is 12.7. The summed E-state index contributed by atoms with van der Waals surface area (Å²) in [5, 5.41) is 10.9. The van der Waals surface area contributed by atoms with E-state index in [-0.39, 0.29) is 0 Å². The molecule has 0 amide bonds. The van der Waals surface area contributed by atoms with Crippen molar-refractivity contribution in [2.24, 2.45) is 5.73 Å². The standard InChI is InChI=1S/C10H19N3O2/c1-10(2,3)15-9(14)8(13-7-12)5-4-6-11/h8,13H,4-6,11H2,1-3H3/t8-/m0/s1. The van der Waals surface area contributed by atoms with E-state index >= 15 is 0 Å². The number of nitriles is 1. The third-order valence-electron chi connectivity index (χ3n) is 1.63. The summed E-state index contributed by atoms with van der Waals surface area (Å²) in [6.07, 6.45) is 2.94. The molecule has 0 aromatic carbocycles. The predicted molar refractivity (Wildman–Crippen MR) is 56.7 cm³/mol. The number of rotatable bonds is 5. The molecule has 0 aromatic rings. The van der Waals surface area contributed by atoms with E-state index < -0.39 is 17.6 Å². The van der Waals surface area contributed by atoms with Gasteiger partial charge in [0, 0.05) is 0 Å². The number of nitrogens with zero attached hydrogens (tertiary/aromatic N) is 1. The van der Waals surface area contributed by atoms with Crippen LogP contribution in [0.3, 0.4) is 0 Å². The van der Waals surface area contributed by atoms with E-state index in [4.69, 9.17) is 15.7 Å². The molecule has 1 atom stereocenters. The van der Waals surface area contributed by atoms with Crippen LogP contribution in [0.25, 0.3) is 0 Å². The number of esters is 1. The fourth-order valence-electron chi connectivity index (χ4n) is 1.02. The van der Waals surface area contributed by atoms with Gasteiger partial charge in [-0.3, -0.25) is 0 Å². The van der Waals surface area contributed by atoms with E-state index in [0.29, 0.717) is 19.4 Å². The van der Waals surface area contributed by atoms with Crippen LogP contribution < -0.4 is 11.1 Å². The lowest BCUT2D eigenvalue weighted by atomic mass is 10.1. The quantitative estimate of drug-likeness (QED) is 0.394. The molecule has 86 valence electrons. The maximum Gasteiger partial charge on any atom is 0.329 e. The molecule has 0 aliphatic rings. The van der Waals surface area contributed by atoms with Gasteiger partial charge in [0.05, 0.1) is 0 Å². The van der Waals surface area contributed by atoms with Gasteiger partial charge in [-0.25, -0.2) is 4.79 Å². The van der Waals surface area contributed by atoms with Crippen LogP contribution in [0.15, 0.2) is 0 Å². The molecule has 15 heavy (non-hydrogen) atoms. The van der Waals surface area contributed by atoms with E-state index in [1.54, 1.807) is 27.0 Å². The van der Waals surface area contributed by atoms with Crippen molar-refractivity contribution in [1.29, 1.82) is 5.26 Å². The van der Waals surface area contributed by atoms with Gasteiger partial charge in [0.1, 0.15) is 11.6 Å². The molecule has 0 unspecified atom stereocenters. The highest BCUT2D eigenvalue weighted by Crippen LogP contribution is 2.10. The van der Waals surface area contributed by atoms with Gasteiger partial charge in [-0.05, 0) is 40.2 Å². The number of hydrogen-bond donors (Lipinski definition) is 2. The topological polar surface area (TPSA) is 88.1 Å². The van der Waals surface area contributed by atoms with Crippen LogP contribution in [0.4, 0.5) is 0 Å². The first-order valence-corrected chi connectivity index (χ1v) is 4.98. The Hall–Kier alpha value is -1.28. The number of carbonyl (C=O) groups excluding carboxylic acids is 1. The Morgan fingerprint density at radius 1 is 1.60 bits per heavy atom. The minimum absolute atomic E-state index is 0.405. The Kier molecular flexibility index (Phi) is 5.72. The van der Waals surface area contributed by atoms with Gasteiger partial charge in [0.2, 0.25) is 0 Å². The summed E-state index contributed by atoms with van der Waals surface area (Å²) >= 11 is 0. The first kappa shape index (κ1) is 13.7. The monoisotopic (exact) mass is 213 g/mol. The van der Waals surface area contributed by atoms with E-state index in [1.807, 2.05) is 0 Å². The van der Waals surface area contributed by atoms with Crippen LogP contribution in [0.5, 0.6) is 0 Å². The Morgan fingerprint density at radius 3 is 2.60 bits per heavy atom. The number of hydrogen-bond acceptors (Lipinski definition) is 5. The van der Waals surface area contributed by atoms with E-state index in [0.717, 1.165) is 0 Å². The second kappa shape index (κ2) is 6.25. The van der Waals surface area contributed by atoms with Crippen LogP contribution in [0.2, 0.25) is 0 Å². The zero-order valence-corrected chi connectivity index (χ0v) is 9.54. The van der Waals surface area contributed by atoms with Gasteiger partial charge in [-0.1, -0.05) is 0 Å². The molecule has 0 aromatic heterocycles. The minimum atomic E-state index is -0.585. The van der Waals surface area contributed by atoms with Crippen LogP contribution in [-0.4, -0.2) is 24.2 Å². The zero-order chi connectivity index (χ0) is 11.9. The second-order valence-corrected chi connectivity index (χ2v) is 4.27. The van der Waals surface area contributed by atoms with Crippen molar-refractivity contribution in [2.75, 3.05) is 6.54 Å².